The molecule has 0 unspecified atom stereocenters. The molecule has 1 N–H and O–H groups in total. The number of carbonyl (C=O) groups is 4. The predicted octanol–water partition coefficient (Wildman–Crippen LogP) is 6.92. The minimum absolute atomic E-state index is 0.00111. The van der Waals surface area contributed by atoms with Gasteiger partial charge in [0.15, 0.2) is 0 Å². The van der Waals surface area contributed by atoms with Crippen LogP contribution in [0.5, 0.6) is 0 Å². The average Bonchev–Trinajstić information content (AvgIpc) is 4.15. The van der Waals surface area contributed by atoms with Crippen LogP contribution in [-0.4, -0.2) is 101 Å². The van der Waals surface area contributed by atoms with E-state index < -0.39 is 0 Å². The summed E-state index contributed by atoms with van der Waals surface area (Å²) in [5, 5.41) is 11.3. The van der Waals surface area contributed by atoms with E-state index in [0.717, 1.165) is 110 Å². The lowest BCUT2D eigenvalue weighted by atomic mass is 9.89. The average molecular weight is 853 g/mol. The second kappa shape index (κ2) is 17.0. The lowest BCUT2D eigenvalue weighted by molar-refractivity contribution is -0.121. The zero-order valence-electron chi connectivity index (χ0n) is 36.0. The summed E-state index contributed by atoms with van der Waals surface area (Å²) < 4.78 is 12.3. The van der Waals surface area contributed by atoms with Crippen molar-refractivity contribution in [2.75, 3.05) is 65.0 Å². The molecule has 2 aliphatic carbocycles. The van der Waals surface area contributed by atoms with Crippen LogP contribution in [-0.2, 0) is 35.2 Å². The van der Waals surface area contributed by atoms with Crippen molar-refractivity contribution < 1.29 is 28.7 Å². The molecular weight excluding hydrogens is 796 g/mol. The molecule has 0 spiro atoms. The van der Waals surface area contributed by atoms with Crippen LogP contribution in [0.15, 0.2) is 61.2 Å². The molecule has 6 heterocycles. The third-order valence-electron chi connectivity index (χ3n) is 12.4. The maximum Gasteiger partial charge on any atom is 0.230 e. The summed E-state index contributed by atoms with van der Waals surface area (Å²) in [6.45, 7) is 16.6. The Hall–Kier alpha value is -5.05. The van der Waals surface area contributed by atoms with Crippen LogP contribution in [0.3, 0.4) is 0 Å². The lowest BCUT2D eigenvalue weighted by Crippen LogP contribution is -2.51. The number of hydrogen-bond acceptors (Lipinski definition) is 8. The molecule has 0 radical (unpaired) electrons. The number of nitrogens with zero attached hydrogens (tertiary/aromatic N) is 7. The standard InChI is InChI=1S/C23H28N4O3.C18H20N4O2.C5H9ClO/c1-15-10-26(22(29)17-4-5-17)21-8-18(6-7-20(21)27(15)16(2)28)19-9-24-25(11-19)12-23(3)13-30-14-23;1-11-10-21(18(24)13-3-4-13)17-7-14(15-8-19-20-9-15)5-6-16(17)22(11)12(2)23;1-5(2-6)3-7-4-5/h6-9,11,15,17H,4-5,10,12-14H2,1-3H3;5-9,11,13H,3-4,10H2,1-2H3,(H,19,20);2-4H2,1H3/t15-;11-;/m00./s1. The number of ether oxygens (including phenoxy) is 2. The van der Waals surface area contributed by atoms with Gasteiger partial charge in [-0.15, -0.1) is 11.6 Å². The van der Waals surface area contributed by atoms with E-state index in [1.165, 1.54) is 0 Å². The first-order valence-corrected chi connectivity index (χ1v) is 21.9. The summed E-state index contributed by atoms with van der Waals surface area (Å²) in [5.41, 5.74) is 7.66. The molecule has 61 heavy (non-hydrogen) atoms. The minimum atomic E-state index is -0.0447. The molecule has 4 aromatic rings. The van der Waals surface area contributed by atoms with Gasteiger partial charge in [-0.2, -0.15) is 10.2 Å². The van der Waals surface area contributed by atoms with Gasteiger partial charge in [0.25, 0.3) is 0 Å². The largest absolute Gasteiger partial charge is 0.380 e. The molecular formula is C46H57ClN8O6. The van der Waals surface area contributed by atoms with Gasteiger partial charge in [0.05, 0.1) is 80.2 Å². The van der Waals surface area contributed by atoms with Crippen LogP contribution in [0.2, 0.25) is 0 Å². The highest BCUT2D eigenvalue weighted by Gasteiger charge is 2.42. The fourth-order valence-corrected chi connectivity index (χ4v) is 8.71. The fraction of sp³-hybridized carbons (Fsp3) is 0.522. The number of rotatable bonds is 7. The number of carbonyl (C=O) groups excluding carboxylic acids is 4. The zero-order valence-corrected chi connectivity index (χ0v) is 36.8. The van der Waals surface area contributed by atoms with E-state index in [-0.39, 0.29) is 53.0 Å². The molecule has 2 aromatic heterocycles. The van der Waals surface area contributed by atoms with E-state index in [9.17, 15) is 19.2 Å². The first-order chi connectivity index (χ1) is 29.2. The number of alkyl halides is 1. The Morgan fingerprint density at radius 1 is 0.705 bits per heavy atom. The summed E-state index contributed by atoms with van der Waals surface area (Å²) in [7, 11) is 0. The summed E-state index contributed by atoms with van der Waals surface area (Å²) >= 11 is 5.56. The molecule has 6 aliphatic rings. The number of amides is 4. The summed E-state index contributed by atoms with van der Waals surface area (Å²) in [6.07, 6.45) is 11.4. The molecule has 2 atom stereocenters. The van der Waals surface area contributed by atoms with Crippen LogP contribution in [0.1, 0.15) is 67.2 Å². The number of halogens is 1. The number of anilines is 4. The van der Waals surface area contributed by atoms with Gasteiger partial charge in [-0.25, -0.2) is 0 Å². The molecule has 4 fully saturated rings. The number of aromatic nitrogens is 4. The Morgan fingerprint density at radius 3 is 1.57 bits per heavy atom. The van der Waals surface area contributed by atoms with Gasteiger partial charge in [0.1, 0.15) is 0 Å². The van der Waals surface area contributed by atoms with Crippen molar-refractivity contribution in [1.82, 2.24) is 20.0 Å². The maximum absolute atomic E-state index is 13.0. The normalized spacial score (nSPS) is 22.0. The van der Waals surface area contributed by atoms with Crippen molar-refractivity contribution in [2.24, 2.45) is 22.7 Å². The number of hydrogen-bond donors (Lipinski definition) is 1. The van der Waals surface area contributed by atoms with Gasteiger partial charge in [-0.3, -0.25) is 29.0 Å². The highest BCUT2D eigenvalue weighted by Crippen LogP contribution is 2.44. The molecule has 2 aromatic carbocycles. The summed E-state index contributed by atoms with van der Waals surface area (Å²) in [4.78, 5) is 57.5. The first kappa shape index (κ1) is 42.6. The van der Waals surface area contributed by atoms with E-state index in [1.54, 1.807) is 29.8 Å². The van der Waals surface area contributed by atoms with E-state index in [4.69, 9.17) is 21.1 Å². The van der Waals surface area contributed by atoms with Gasteiger partial charge in [-0.1, -0.05) is 26.0 Å². The molecule has 4 amide bonds. The van der Waals surface area contributed by atoms with Gasteiger partial charge in [0, 0.05) is 79.0 Å². The van der Waals surface area contributed by atoms with Crippen molar-refractivity contribution in [2.45, 2.75) is 85.9 Å². The van der Waals surface area contributed by atoms with Crippen LogP contribution in [0.25, 0.3) is 22.3 Å². The van der Waals surface area contributed by atoms with Crippen LogP contribution in [0, 0.1) is 22.7 Å². The number of fused-ring (bicyclic) bond motifs is 2. The second-order valence-electron chi connectivity index (χ2n) is 18.5. The van der Waals surface area contributed by atoms with Crippen molar-refractivity contribution in [1.29, 1.82) is 0 Å². The topological polar surface area (TPSA) is 146 Å². The van der Waals surface area contributed by atoms with Crippen LogP contribution in [0.4, 0.5) is 22.7 Å². The van der Waals surface area contributed by atoms with Crippen molar-refractivity contribution in [3.8, 4) is 22.3 Å². The van der Waals surface area contributed by atoms with Crippen molar-refractivity contribution in [3.05, 3.63) is 61.2 Å². The van der Waals surface area contributed by atoms with Gasteiger partial charge < -0.3 is 29.1 Å². The van der Waals surface area contributed by atoms with Crippen molar-refractivity contribution >= 4 is 58.0 Å². The van der Waals surface area contributed by atoms with Crippen LogP contribution < -0.4 is 19.6 Å². The van der Waals surface area contributed by atoms with E-state index in [1.807, 2.05) is 83.3 Å². The van der Waals surface area contributed by atoms with Crippen molar-refractivity contribution in [3.63, 3.8) is 0 Å². The maximum atomic E-state index is 13.0. The second-order valence-corrected chi connectivity index (χ2v) is 18.8. The van der Waals surface area contributed by atoms with Gasteiger partial charge in [0.2, 0.25) is 23.6 Å². The lowest BCUT2D eigenvalue weighted by Gasteiger charge is -2.41. The molecule has 324 valence electrons. The quantitative estimate of drug-likeness (QED) is 0.197. The SMILES string of the molecule is CC(=O)N1c2ccc(-c3cn[nH]c3)cc2N(C(=O)C2CC2)C[C@@H]1C.CC(=O)N1c2ccc(-c3cnn(CC4(C)COC4)c3)cc2N(C(=O)C2CC2)C[C@@H]1C.CC1(CCl)COC1. The monoisotopic (exact) mass is 852 g/mol. The molecule has 2 saturated carbocycles. The zero-order chi connectivity index (χ0) is 43.2. The third-order valence-corrected chi connectivity index (χ3v) is 13.0. The highest BCUT2D eigenvalue weighted by atomic mass is 35.5. The minimum Gasteiger partial charge on any atom is -0.380 e. The summed E-state index contributed by atoms with van der Waals surface area (Å²) in [6, 6.07) is 11.8. The van der Waals surface area contributed by atoms with Gasteiger partial charge in [-0.05, 0) is 74.9 Å². The first-order valence-electron chi connectivity index (χ1n) is 21.4. The Balaban J connectivity index is 0.000000148. The number of H-pyrrole nitrogens is 1. The Labute approximate surface area is 362 Å². The number of nitrogens with one attached hydrogen (secondary N) is 1. The Bertz CT molecular complexity index is 2270. The van der Waals surface area contributed by atoms with E-state index >= 15 is 0 Å². The Morgan fingerprint density at radius 2 is 1.20 bits per heavy atom. The fourth-order valence-electron chi connectivity index (χ4n) is 8.56. The predicted molar refractivity (Wildman–Crippen MR) is 236 cm³/mol. The summed E-state index contributed by atoms with van der Waals surface area (Å²) in [5.74, 6) is 1.36. The molecule has 4 aliphatic heterocycles. The number of aromatic amines is 1. The number of benzene rings is 2. The van der Waals surface area contributed by atoms with Crippen LogP contribution >= 0.6 is 11.6 Å². The molecule has 15 heteroatoms. The van der Waals surface area contributed by atoms with E-state index in [2.05, 4.69) is 29.1 Å². The highest BCUT2D eigenvalue weighted by molar-refractivity contribution is 6.18. The smallest absolute Gasteiger partial charge is 0.230 e. The molecule has 14 nitrogen and oxygen atoms in total. The third kappa shape index (κ3) is 8.98. The van der Waals surface area contributed by atoms with Gasteiger partial charge >= 0.3 is 0 Å². The molecule has 10 rings (SSSR count). The molecule has 2 saturated heterocycles. The molecule has 0 bridgehead atoms. The Kier molecular flexibility index (Phi) is 11.9. The van der Waals surface area contributed by atoms with E-state index in [0.29, 0.717) is 18.5 Å².